The molecule has 27 heavy (non-hydrogen) atoms. The number of amides is 2. The van der Waals surface area contributed by atoms with Gasteiger partial charge < -0.3 is 19.0 Å². The van der Waals surface area contributed by atoms with Crippen molar-refractivity contribution in [3.63, 3.8) is 0 Å². The molecule has 3 heterocycles. The van der Waals surface area contributed by atoms with Gasteiger partial charge in [0.2, 0.25) is 0 Å². The highest BCUT2D eigenvalue weighted by Gasteiger charge is 2.30. The molecule has 1 aliphatic rings. The summed E-state index contributed by atoms with van der Waals surface area (Å²) >= 11 is 1.39. The van der Waals surface area contributed by atoms with Crippen LogP contribution in [0.1, 0.15) is 28.3 Å². The van der Waals surface area contributed by atoms with E-state index in [2.05, 4.69) is 0 Å². The SMILES string of the molecule is CN(Cc1ccco1)C(=O)COC(=O)C1CCCN(C(=O)c2cccs2)C1. The molecule has 3 rings (SSSR count). The molecule has 1 unspecified atom stereocenters. The highest BCUT2D eigenvalue weighted by atomic mass is 32.1. The number of carbonyl (C=O) groups is 3. The van der Waals surface area contributed by atoms with E-state index >= 15 is 0 Å². The number of nitrogens with zero attached hydrogens (tertiary/aromatic N) is 2. The zero-order valence-electron chi connectivity index (χ0n) is 15.1. The Labute approximate surface area is 161 Å². The third kappa shape index (κ3) is 4.97. The normalized spacial score (nSPS) is 16.8. The van der Waals surface area contributed by atoms with Crippen molar-refractivity contribution in [2.45, 2.75) is 19.4 Å². The molecule has 0 aliphatic carbocycles. The van der Waals surface area contributed by atoms with Gasteiger partial charge >= 0.3 is 5.97 Å². The number of hydrogen-bond donors (Lipinski definition) is 0. The fourth-order valence-corrected chi connectivity index (χ4v) is 3.69. The van der Waals surface area contributed by atoms with Crippen molar-refractivity contribution in [3.8, 4) is 0 Å². The maximum Gasteiger partial charge on any atom is 0.311 e. The Morgan fingerprint density at radius 2 is 2.19 bits per heavy atom. The van der Waals surface area contributed by atoms with E-state index in [1.807, 2.05) is 11.4 Å². The van der Waals surface area contributed by atoms with Gasteiger partial charge in [-0.3, -0.25) is 14.4 Å². The van der Waals surface area contributed by atoms with Crippen LogP contribution in [0.25, 0.3) is 0 Å². The molecule has 8 heteroatoms. The molecule has 0 spiro atoms. The van der Waals surface area contributed by atoms with Crippen LogP contribution >= 0.6 is 11.3 Å². The first-order chi connectivity index (χ1) is 13.0. The molecule has 0 aromatic carbocycles. The summed E-state index contributed by atoms with van der Waals surface area (Å²) in [5.41, 5.74) is 0. The van der Waals surface area contributed by atoms with Crippen molar-refractivity contribution in [2.75, 3.05) is 26.7 Å². The molecule has 1 atom stereocenters. The van der Waals surface area contributed by atoms with E-state index in [0.29, 0.717) is 36.7 Å². The molecule has 1 saturated heterocycles. The highest BCUT2D eigenvalue weighted by molar-refractivity contribution is 7.12. The van der Waals surface area contributed by atoms with Gasteiger partial charge in [0.15, 0.2) is 6.61 Å². The minimum absolute atomic E-state index is 0.0586. The van der Waals surface area contributed by atoms with Gasteiger partial charge in [0.1, 0.15) is 5.76 Å². The minimum Gasteiger partial charge on any atom is -0.467 e. The molecule has 7 nitrogen and oxygen atoms in total. The average molecular weight is 390 g/mol. The lowest BCUT2D eigenvalue weighted by atomic mass is 9.98. The van der Waals surface area contributed by atoms with Crippen LogP contribution in [-0.2, 0) is 20.9 Å². The first kappa shape index (κ1) is 19.2. The fourth-order valence-electron chi connectivity index (χ4n) is 3.00. The van der Waals surface area contributed by atoms with E-state index in [-0.39, 0.29) is 18.4 Å². The fraction of sp³-hybridized carbons (Fsp3) is 0.421. The number of esters is 1. The zero-order chi connectivity index (χ0) is 19.2. The zero-order valence-corrected chi connectivity index (χ0v) is 15.9. The van der Waals surface area contributed by atoms with Crippen LogP contribution in [0.5, 0.6) is 0 Å². The molecular formula is C19H22N2O5S. The van der Waals surface area contributed by atoms with Crippen molar-refractivity contribution in [1.82, 2.24) is 9.80 Å². The van der Waals surface area contributed by atoms with Crippen molar-refractivity contribution in [1.29, 1.82) is 0 Å². The molecule has 0 saturated carbocycles. The monoisotopic (exact) mass is 390 g/mol. The van der Waals surface area contributed by atoms with Crippen LogP contribution in [0.4, 0.5) is 0 Å². The van der Waals surface area contributed by atoms with E-state index in [0.717, 1.165) is 6.42 Å². The number of furan rings is 1. The predicted octanol–water partition coefficient (Wildman–Crippen LogP) is 2.40. The second-order valence-electron chi connectivity index (χ2n) is 6.50. The van der Waals surface area contributed by atoms with E-state index in [1.54, 1.807) is 36.4 Å². The standard InChI is InChI=1S/C19H22N2O5S/c1-20(12-15-6-3-9-25-15)17(22)13-26-19(24)14-5-2-8-21(11-14)18(23)16-7-4-10-27-16/h3-4,6-7,9-10,14H,2,5,8,11-13H2,1H3. The number of ether oxygens (including phenoxy) is 1. The third-order valence-electron chi connectivity index (χ3n) is 4.51. The van der Waals surface area contributed by atoms with Gasteiger partial charge in [-0.2, -0.15) is 0 Å². The number of hydrogen-bond acceptors (Lipinski definition) is 6. The van der Waals surface area contributed by atoms with Gasteiger partial charge in [0.05, 0.1) is 23.6 Å². The second kappa shape index (κ2) is 8.85. The average Bonchev–Trinajstić information content (AvgIpc) is 3.39. The summed E-state index contributed by atoms with van der Waals surface area (Å²) in [6, 6.07) is 7.14. The number of rotatable bonds is 6. The number of likely N-dealkylation sites (tertiary alicyclic amines) is 1. The largest absolute Gasteiger partial charge is 0.467 e. The van der Waals surface area contributed by atoms with Crippen LogP contribution in [0.3, 0.4) is 0 Å². The van der Waals surface area contributed by atoms with Gasteiger partial charge in [0, 0.05) is 20.1 Å². The second-order valence-corrected chi connectivity index (χ2v) is 7.45. The van der Waals surface area contributed by atoms with Crippen molar-refractivity contribution in [3.05, 3.63) is 46.5 Å². The minimum atomic E-state index is -0.432. The van der Waals surface area contributed by atoms with Crippen LogP contribution in [0, 0.1) is 5.92 Å². The summed E-state index contributed by atoms with van der Waals surface area (Å²) in [4.78, 5) is 40.7. The van der Waals surface area contributed by atoms with Crippen molar-refractivity contribution in [2.24, 2.45) is 5.92 Å². The van der Waals surface area contributed by atoms with Crippen LogP contribution in [-0.4, -0.2) is 54.3 Å². The Morgan fingerprint density at radius 1 is 1.33 bits per heavy atom. The number of likely N-dealkylation sites (N-methyl/N-ethyl adjacent to an activating group) is 1. The maximum absolute atomic E-state index is 12.5. The third-order valence-corrected chi connectivity index (χ3v) is 5.37. The lowest BCUT2D eigenvalue weighted by Gasteiger charge is -2.31. The van der Waals surface area contributed by atoms with Gasteiger partial charge in [-0.25, -0.2) is 0 Å². The summed E-state index contributed by atoms with van der Waals surface area (Å²) in [5.74, 6) is -0.532. The van der Waals surface area contributed by atoms with Crippen LogP contribution in [0.2, 0.25) is 0 Å². The molecule has 0 radical (unpaired) electrons. The van der Waals surface area contributed by atoms with Crippen molar-refractivity contribution >= 4 is 29.1 Å². The lowest BCUT2D eigenvalue weighted by Crippen LogP contribution is -2.43. The van der Waals surface area contributed by atoms with Gasteiger partial charge in [-0.1, -0.05) is 6.07 Å². The molecular weight excluding hydrogens is 368 g/mol. The van der Waals surface area contributed by atoms with E-state index in [4.69, 9.17) is 9.15 Å². The topological polar surface area (TPSA) is 80.1 Å². The quantitative estimate of drug-likeness (QED) is 0.708. The first-order valence-electron chi connectivity index (χ1n) is 8.80. The number of thiophene rings is 1. The van der Waals surface area contributed by atoms with Crippen molar-refractivity contribution < 1.29 is 23.5 Å². The van der Waals surface area contributed by atoms with Gasteiger partial charge in [0.25, 0.3) is 11.8 Å². The van der Waals surface area contributed by atoms with Crippen LogP contribution < -0.4 is 0 Å². The molecule has 1 fully saturated rings. The Bertz CT molecular complexity index is 772. The Hall–Kier alpha value is -2.61. The number of piperidine rings is 1. The predicted molar refractivity (Wildman–Crippen MR) is 99.1 cm³/mol. The molecule has 0 N–H and O–H groups in total. The molecule has 2 aromatic heterocycles. The maximum atomic E-state index is 12.5. The molecule has 144 valence electrons. The summed E-state index contributed by atoms with van der Waals surface area (Å²) in [6.07, 6.45) is 2.94. The highest BCUT2D eigenvalue weighted by Crippen LogP contribution is 2.21. The van der Waals surface area contributed by atoms with E-state index < -0.39 is 11.9 Å². The lowest BCUT2D eigenvalue weighted by molar-refractivity contribution is -0.156. The summed E-state index contributed by atoms with van der Waals surface area (Å²) < 4.78 is 10.4. The number of carbonyl (C=O) groups excluding carboxylic acids is 3. The molecule has 1 aliphatic heterocycles. The Balaban J connectivity index is 1.47. The van der Waals surface area contributed by atoms with E-state index in [1.165, 1.54) is 16.2 Å². The summed E-state index contributed by atoms with van der Waals surface area (Å²) in [5, 5.41) is 1.85. The van der Waals surface area contributed by atoms with Crippen LogP contribution in [0.15, 0.2) is 40.3 Å². The molecule has 2 amide bonds. The van der Waals surface area contributed by atoms with Gasteiger partial charge in [-0.15, -0.1) is 11.3 Å². The first-order valence-corrected chi connectivity index (χ1v) is 9.68. The molecule has 2 aromatic rings. The summed E-state index contributed by atoms with van der Waals surface area (Å²) in [7, 11) is 1.63. The van der Waals surface area contributed by atoms with Gasteiger partial charge in [-0.05, 0) is 36.4 Å². The summed E-state index contributed by atoms with van der Waals surface area (Å²) in [6.45, 7) is 0.957. The Morgan fingerprint density at radius 3 is 2.89 bits per heavy atom. The van der Waals surface area contributed by atoms with E-state index in [9.17, 15) is 14.4 Å². The Kier molecular flexibility index (Phi) is 6.28. The smallest absolute Gasteiger partial charge is 0.311 e. The molecule has 0 bridgehead atoms.